The van der Waals surface area contributed by atoms with Gasteiger partial charge in [0.2, 0.25) is 0 Å². The van der Waals surface area contributed by atoms with Crippen LogP contribution < -0.4 is 70.2 Å². The predicted octanol–water partition coefficient (Wildman–Crippen LogP) is 12.6. The minimum absolute atomic E-state index is 0.0126. The maximum absolute atomic E-state index is 2.72. The van der Waals surface area contributed by atoms with E-state index in [-0.39, 0.29) is 43.3 Å². The second-order valence-corrected chi connectivity index (χ2v) is 28.4. The summed E-state index contributed by atoms with van der Waals surface area (Å²) >= 11 is 0.122. The quantitative estimate of drug-likeness (QED) is 0.141. The first-order chi connectivity index (χ1) is 42.9. The van der Waals surface area contributed by atoms with E-state index in [2.05, 4.69) is 325 Å². The molecule has 1 aliphatic carbocycles. The number of rotatable bonds is 8. The Kier molecular flexibility index (Phi) is 11.5. The van der Waals surface area contributed by atoms with Crippen molar-refractivity contribution in [1.82, 2.24) is 0 Å². The van der Waals surface area contributed by atoms with E-state index in [1.54, 1.807) is 5.46 Å². The molecule has 0 saturated carbocycles. The number of nitrogens with zero attached hydrogens (tertiary/aromatic N) is 4. The summed E-state index contributed by atoms with van der Waals surface area (Å²) < 4.78 is 5.98. The molecule has 4 nitrogen and oxygen atoms in total. The number of hydrogen-bond acceptors (Lipinski definition) is 4. The molecule has 4 heterocycles. The van der Waals surface area contributed by atoms with Gasteiger partial charge in [0, 0.05) is 11.4 Å². The summed E-state index contributed by atoms with van der Waals surface area (Å²) in [5.74, 6) is 0. The van der Waals surface area contributed by atoms with Crippen LogP contribution in [0.15, 0.2) is 291 Å². The summed E-state index contributed by atoms with van der Waals surface area (Å²) in [7, 11) is 0. The monoisotopic (exact) mass is 1240 g/mol. The van der Waals surface area contributed by atoms with Gasteiger partial charge in [-0.05, 0) is 24.3 Å². The van der Waals surface area contributed by atoms with Crippen LogP contribution in [0.4, 0.5) is 68.2 Å². The van der Waals surface area contributed by atoms with E-state index in [0.29, 0.717) is 0 Å². The first kappa shape index (κ1) is 50.8. The molecule has 0 atom stereocenters. The van der Waals surface area contributed by atoms with Crippen LogP contribution in [0.25, 0.3) is 21.9 Å². The normalized spacial score (nSPS) is 14.0. The van der Waals surface area contributed by atoms with Gasteiger partial charge in [-0.3, -0.25) is 0 Å². The van der Waals surface area contributed by atoms with Crippen molar-refractivity contribution in [3.8, 4) is 11.1 Å². The van der Waals surface area contributed by atoms with E-state index in [9.17, 15) is 0 Å². The molecule has 0 bridgehead atoms. The first-order valence-corrected chi connectivity index (χ1v) is 33.6. The Morgan fingerprint density at radius 3 is 1.51 bits per heavy atom. The molecule has 0 spiro atoms. The van der Waals surface area contributed by atoms with Gasteiger partial charge in [0.15, 0.2) is 0 Å². The Morgan fingerprint density at radius 2 is 0.874 bits per heavy atom. The van der Waals surface area contributed by atoms with E-state index < -0.39 is 5.41 Å². The van der Waals surface area contributed by atoms with Crippen molar-refractivity contribution < 1.29 is 0 Å². The zero-order valence-electron chi connectivity index (χ0n) is 48.0. The zero-order valence-corrected chi connectivity index (χ0v) is 51.4. The molecule has 0 aromatic heterocycles. The van der Waals surface area contributed by atoms with Gasteiger partial charge in [-0.15, -0.1) is 0 Å². The number of fused-ring (bicyclic) bond motifs is 14. The average molecular weight is 1240 g/mol. The molecule has 0 fully saturated rings. The van der Waals surface area contributed by atoms with Gasteiger partial charge in [0.25, 0.3) is 0 Å². The molecular formula is C79H54B2N4Se2. The molecule has 0 radical (unpaired) electrons. The SMILES string of the molecule is CC1(C)c2cc(N(c3ccccc3)c3ccccc3)ccc2-c2cc3c4c(c21)N(c1ccccc1)c1ccccc1B4c1cc2c(cc1N3c1ccccc1)[Se]c1c3c(cc4cc(N(c5ccccc5)c5ccccc5)ccc14)[Se]c1ccccc1B23. The average Bonchev–Trinajstić information content (AvgIpc) is 1.70. The predicted molar refractivity (Wildman–Crippen MR) is 372 cm³/mol. The van der Waals surface area contributed by atoms with Gasteiger partial charge < -0.3 is 0 Å². The number of benzene rings is 13. The number of para-hydroxylation sites is 7. The van der Waals surface area contributed by atoms with Crippen LogP contribution in [-0.2, 0) is 5.41 Å². The van der Waals surface area contributed by atoms with Crippen molar-refractivity contribution in [2.75, 3.05) is 19.6 Å². The third-order valence-electron chi connectivity index (χ3n) is 18.8. The fourth-order valence-electron chi connectivity index (χ4n) is 15.2. The molecule has 13 aromatic rings. The van der Waals surface area contributed by atoms with E-state index >= 15 is 0 Å². The molecule has 408 valence electrons. The molecule has 0 unspecified atom stereocenters. The van der Waals surface area contributed by atoms with Crippen LogP contribution in [0.2, 0.25) is 0 Å². The van der Waals surface area contributed by atoms with Crippen LogP contribution in [0, 0.1) is 0 Å². The fourth-order valence-corrected chi connectivity index (χ4v) is 20.8. The van der Waals surface area contributed by atoms with Crippen LogP contribution in [-0.4, -0.2) is 43.3 Å². The molecular weight excluding hydrogens is 1180 g/mol. The van der Waals surface area contributed by atoms with Crippen LogP contribution in [0.1, 0.15) is 25.0 Å². The van der Waals surface area contributed by atoms with Gasteiger partial charge in [-0.1, -0.05) is 36.4 Å². The van der Waals surface area contributed by atoms with Crippen molar-refractivity contribution in [3.05, 3.63) is 302 Å². The molecule has 87 heavy (non-hydrogen) atoms. The van der Waals surface area contributed by atoms with Crippen molar-refractivity contribution in [1.29, 1.82) is 0 Å². The van der Waals surface area contributed by atoms with Crippen molar-refractivity contribution in [2.45, 2.75) is 19.3 Å². The summed E-state index contributed by atoms with van der Waals surface area (Å²) in [6.45, 7) is 5.01. The Morgan fingerprint density at radius 1 is 0.345 bits per heavy atom. The second kappa shape index (κ2) is 19.8. The van der Waals surface area contributed by atoms with Crippen LogP contribution >= 0.6 is 0 Å². The summed E-state index contributed by atoms with van der Waals surface area (Å²) in [5, 5.41) is 2.68. The summed E-state index contributed by atoms with van der Waals surface area (Å²) in [6, 6.07) is 110. The Balaban J connectivity index is 0.881. The molecule has 4 aliphatic heterocycles. The van der Waals surface area contributed by atoms with Crippen LogP contribution in [0.3, 0.4) is 0 Å². The Hall–Kier alpha value is -9.51. The van der Waals surface area contributed by atoms with E-state index in [4.69, 9.17) is 0 Å². The summed E-state index contributed by atoms with van der Waals surface area (Å²) in [4.78, 5) is 10.1. The molecule has 18 rings (SSSR count). The summed E-state index contributed by atoms with van der Waals surface area (Å²) in [5.41, 5.74) is 27.6. The molecule has 5 aliphatic rings. The molecule has 8 heteroatoms. The van der Waals surface area contributed by atoms with Gasteiger partial charge in [-0.25, -0.2) is 0 Å². The van der Waals surface area contributed by atoms with Gasteiger partial charge in [-0.2, -0.15) is 0 Å². The first-order valence-electron chi connectivity index (χ1n) is 30.1. The minimum atomic E-state index is -0.400. The van der Waals surface area contributed by atoms with Gasteiger partial charge in [0.1, 0.15) is 0 Å². The van der Waals surface area contributed by atoms with Crippen molar-refractivity contribution in [3.63, 3.8) is 0 Å². The van der Waals surface area contributed by atoms with Crippen molar-refractivity contribution >= 4 is 173 Å². The van der Waals surface area contributed by atoms with Crippen LogP contribution in [0.5, 0.6) is 0 Å². The van der Waals surface area contributed by atoms with Crippen molar-refractivity contribution in [2.24, 2.45) is 0 Å². The maximum atomic E-state index is 2.72. The molecule has 13 aromatic carbocycles. The third kappa shape index (κ3) is 7.72. The Labute approximate surface area is 521 Å². The number of anilines is 12. The number of hydrogen-bond donors (Lipinski definition) is 0. The van der Waals surface area contributed by atoms with E-state index in [1.807, 2.05) is 0 Å². The van der Waals surface area contributed by atoms with E-state index in [0.717, 1.165) is 39.8 Å². The van der Waals surface area contributed by atoms with Gasteiger partial charge in [0.05, 0.1) is 0 Å². The van der Waals surface area contributed by atoms with E-state index in [1.165, 1.54) is 107 Å². The topological polar surface area (TPSA) is 13.0 Å². The summed E-state index contributed by atoms with van der Waals surface area (Å²) in [6.07, 6.45) is 0. The Bertz CT molecular complexity index is 4850. The molecule has 0 amide bonds. The zero-order chi connectivity index (χ0) is 57.5. The fraction of sp³-hybridized carbons (Fsp3) is 0.0380. The molecule has 0 N–H and O–H groups in total. The van der Waals surface area contributed by atoms with Gasteiger partial charge >= 0.3 is 453 Å². The standard InChI is InChI=1S/C79H54B2N4Se2/c1-79(2)63-47-59(83(54-29-13-5-14-30-54)55-31-15-6-16-32-55)42-44-61(63)62-48-70-75-77(74(62)79)85(57-35-19-8-20-36-57)68-39-23-21-37-64(68)80(75)66-49-67-72(50-69(66)84(70)56-33-17-7-18-34-56)87-78-60-43-41-58(82(52-25-9-3-10-26-52)53-27-11-4-12-28-53)45-51(60)46-73-76(78)81(67)65-38-22-24-40-71(65)86-73/h3-50H,1-2H3. The molecule has 0 saturated heterocycles. The third-order valence-corrected chi connectivity index (χ3v) is 23.8. The second-order valence-electron chi connectivity index (χ2n) is 23.9.